The van der Waals surface area contributed by atoms with Crippen molar-refractivity contribution in [2.45, 2.75) is 9.79 Å². The van der Waals surface area contributed by atoms with Crippen molar-refractivity contribution < 1.29 is 23.7 Å². The molecule has 0 unspecified atom stereocenters. The summed E-state index contributed by atoms with van der Waals surface area (Å²) >= 11 is 1.63. The zero-order chi connectivity index (χ0) is 31.7. The van der Waals surface area contributed by atoms with Crippen LogP contribution < -0.4 is 19.5 Å². The fourth-order valence-electron chi connectivity index (χ4n) is 4.82. The molecule has 3 aromatic carbocycles. The molecule has 11 heteroatoms. The van der Waals surface area contributed by atoms with E-state index in [2.05, 4.69) is 37.6 Å². The van der Waals surface area contributed by atoms with Crippen LogP contribution in [0.1, 0.15) is 0 Å². The Bertz CT molecular complexity index is 1940. The van der Waals surface area contributed by atoms with Crippen LogP contribution in [0.3, 0.4) is 0 Å². The van der Waals surface area contributed by atoms with Gasteiger partial charge in [0.05, 0.1) is 32.0 Å². The van der Waals surface area contributed by atoms with Crippen molar-refractivity contribution in [1.82, 2.24) is 20.2 Å². The van der Waals surface area contributed by atoms with Crippen molar-refractivity contribution >= 4 is 45.1 Å². The van der Waals surface area contributed by atoms with Crippen molar-refractivity contribution in [3.8, 4) is 28.5 Å². The highest BCUT2D eigenvalue weighted by molar-refractivity contribution is 7.99. The minimum Gasteiger partial charge on any atom is -0.495 e. The number of methoxy groups -OCH3 is 3. The molecule has 3 heterocycles. The average Bonchev–Trinajstić information content (AvgIpc) is 3.10. The first-order chi connectivity index (χ1) is 22.7. The Morgan fingerprint density at radius 3 is 2.24 bits per heavy atom. The third kappa shape index (κ3) is 7.12. The number of hydrogen-bond acceptors (Lipinski definition) is 11. The molecule has 0 spiro atoms. The van der Waals surface area contributed by atoms with Crippen LogP contribution in [-0.2, 0) is 9.47 Å². The van der Waals surface area contributed by atoms with Crippen LogP contribution in [0.15, 0.2) is 101 Å². The summed E-state index contributed by atoms with van der Waals surface area (Å²) in [5.74, 6) is 2.57. The van der Waals surface area contributed by atoms with Crippen LogP contribution >= 0.6 is 11.8 Å². The van der Waals surface area contributed by atoms with Crippen molar-refractivity contribution in [2.24, 2.45) is 0 Å². The summed E-state index contributed by atoms with van der Waals surface area (Å²) in [6.45, 7) is 1.73. The van der Waals surface area contributed by atoms with Gasteiger partial charge in [0.15, 0.2) is 17.3 Å². The molecule has 3 aromatic heterocycles. The molecule has 6 aromatic rings. The first-order valence-corrected chi connectivity index (χ1v) is 15.5. The van der Waals surface area contributed by atoms with E-state index in [9.17, 15) is 0 Å². The molecule has 0 amide bonds. The molecule has 0 saturated heterocycles. The van der Waals surface area contributed by atoms with Crippen molar-refractivity contribution in [2.75, 3.05) is 53.1 Å². The molecule has 6 rings (SSSR count). The second kappa shape index (κ2) is 14.9. The summed E-state index contributed by atoms with van der Waals surface area (Å²) in [5, 5.41) is 14.6. The summed E-state index contributed by atoms with van der Waals surface area (Å²) < 4.78 is 27.5. The molecular weight excluding hydrogens is 602 g/mol. The fourth-order valence-corrected chi connectivity index (χ4v) is 5.73. The van der Waals surface area contributed by atoms with Crippen LogP contribution in [0.5, 0.6) is 17.2 Å². The van der Waals surface area contributed by atoms with Crippen molar-refractivity contribution in [1.29, 1.82) is 0 Å². The number of benzene rings is 3. The molecule has 0 saturated carbocycles. The monoisotopic (exact) mass is 635 g/mol. The maximum atomic E-state index is 6.00. The second-order valence-electron chi connectivity index (χ2n) is 10.1. The summed E-state index contributed by atoms with van der Waals surface area (Å²) in [7, 11) is 4.90. The number of nitrogens with one attached hydrogen (secondary N) is 1. The van der Waals surface area contributed by atoms with Gasteiger partial charge in [-0.15, -0.1) is 10.2 Å². The van der Waals surface area contributed by atoms with Gasteiger partial charge >= 0.3 is 0 Å². The minimum atomic E-state index is 0.387. The number of ether oxygens (including phenoxy) is 5. The largest absolute Gasteiger partial charge is 0.495 e. The Morgan fingerprint density at radius 1 is 0.717 bits per heavy atom. The average molecular weight is 636 g/mol. The lowest BCUT2D eigenvalue weighted by Crippen LogP contribution is -2.08. The molecule has 0 aliphatic heterocycles. The second-order valence-corrected chi connectivity index (χ2v) is 11.2. The van der Waals surface area contributed by atoms with Crippen LogP contribution in [0.25, 0.3) is 33.1 Å². The summed E-state index contributed by atoms with van der Waals surface area (Å²) in [6.07, 6.45) is 3.50. The van der Waals surface area contributed by atoms with Gasteiger partial charge in [-0.25, -0.2) is 4.98 Å². The van der Waals surface area contributed by atoms with Crippen LogP contribution in [0.2, 0.25) is 0 Å². The first-order valence-electron chi connectivity index (χ1n) is 14.6. The van der Waals surface area contributed by atoms with Crippen LogP contribution in [0, 0.1) is 0 Å². The smallest absolute Gasteiger partial charge is 0.161 e. The maximum absolute atomic E-state index is 6.00. The van der Waals surface area contributed by atoms with Gasteiger partial charge in [-0.05, 0) is 48.5 Å². The van der Waals surface area contributed by atoms with Crippen molar-refractivity contribution in [3.05, 3.63) is 91.3 Å². The maximum Gasteiger partial charge on any atom is 0.161 e. The Hall–Kier alpha value is -4.97. The zero-order valence-electron chi connectivity index (χ0n) is 25.7. The molecular formula is C35H33N5O5S. The molecule has 1 N–H and O–H groups in total. The Balaban J connectivity index is 1.23. The third-order valence-electron chi connectivity index (χ3n) is 7.09. The predicted octanol–water partition coefficient (Wildman–Crippen LogP) is 7.19. The quantitative estimate of drug-likeness (QED) is 0.123. The van der Waals surface area contributed by atoms with Crippen LogP contribution in [0.4, 0.5) is 11.5 Å². The molecule has 0 aliphatic carbocycles. The van der Waals surface area contributed by atoms with Crippen LogP contribution in [-0.4, -0.2) is 67.9 Å². The van der Waals surface area contributed by atoms with Gasteiger partial charge in [-0.2, -0.15) is 0 Å². The topological polar surface area (TPSA) is 110 Å². The number of hydrogen-bond donors (Lipinski definition) is 1. The lowest BCUT2D eigenvalue weighted by Gasteiger charge is -2.15. The Labute approximate surface area is 271 Å². The van der Waals surface area contributed by atoms with Gasteiger partial charge in [0.2, 0.25) is 0 Å². The molecule has 0 bridgehead atoms. The number of nitrogens with zero attached hydrogens (tertiary/aromatic N) is 4. The molecule has 10 nitrogen and oxygen atoms in total. The molecule has 0 fully saturated rings. The van der Waals surface area contributed by atoms with E-state index in [0.717, 1.165) is 48.5 Å². The molecule has 234 valence electrons. The number of pyridine rings is 2. The van der Waals surface area contributed by atoms with Gasteiger partial charge in [-0.1, -0.05) is 36.0 Å². The van der Waals surface area contributed by atoms with Gasteiger partial charge in [0.1, 0.15) is 30.2 Å². The van der Waals surface area contributed by atoms with E-state index in [0.29, 0.717) is 49.5 Å². The molecule has 0 radical (unpaired) electrons. The highest BCUT2D eigenvalue weighted by Crippen LogP contribution is 2.37. The SMILES string of the molecule is COCCOc1ccc(-c2nnc(Nc3ccc(Sc4ccnc5cc(OC)cnc45)cc3)c3ccccc23)cc1OCCOC. The molecule has 46 heavy (non-hydrogen) atoms. The normalized spacial score (nSPS) is 11.1. The fraction of sp³-hybridized carbons (Fsp3) is 0.200. The zero-order valence-corrected chi connectivity index (χ0v) is 26.5. The lowest BCUT2D eigenvalue weighted by molar-refractivity contribution is 0.132. The number of anilines is 2. The minimum absolute atomic E-state index is 0.387. The standard InChI is InChI=1S/C35H33N5O5S/c1-41-16-18-44-30-13-8-23(20-31(30)45-19-17-42-2)33-27-6-4-5-7-28(27)35(40-39-33)38-24-9-11-26(12-10-24)46-32-14-15-36-29-21-25(43-3)22-37-34(29)32/h4-15,20-22H,16-19H2,1-3H3,(H,38,40). The Morgan fingerprint density at radius 2 is 1.48 bits per heavy atom. The van der Waals surface area contributed by atoms with E-state index in [4.69, 9.17) is 23.7 Å². The Kier molecular flexibility index (Phi) is 10.0. The lowest BCUT2D eigenvalue weighted by atomic mass is 10.0. The predicted molar refractivity (Wildman–Crippen MR) is 180 cm³/mol. The highest BCUT2D eigenvalue weighted by Gasteiger charge is 2.15. The number of rotatable bonds is 14. The summed E-state index contributed by atoms with van der Waals surface area (Å²) in [4.78, 5) is 11.1. The van der Waals surface area contributed by atoms with Gasteiger partial charge in [0.25, 0.3) is 0 Å². The number of aromatic nitrogens is 4. The van der Waals surface area contributed by atoms with E-state index >= 15 is 0 Å². The molecule has 0 aliphatic rings. The van der Waals surface area contributed by atoms with E-state index in [-0.39, 0.29) is 0 Å². The van der Waals surface area contributed by atoms with E-state index in [1.54, 1.807) is 45.5 Å². The molecule has 0 atom stereocenters. The highest BCUT2D eigenvalue weighted by atomic mass is 32.2. The van der Waals surface area contributed by atoms with E-state index in [1.807, 2.05) is 66.7 Å². The van der Waals surface area contributed by atoms with E-state index in [1.165, 1.54) is 0 Å². The van der Waals surface area contributed by atoms with Gasteiger partial charge in [-0.3, -0.25) is 4.98 Å². The van der Waals surface area contributed by atoms with Crippen molar-refractivity contribution in [3.63, 3.8) is 0 Å². The summed E-state index contributed by atoms with van der Waals surface area (Å²) in [5.41, 5.74) is 4.12. The first kappa shape index (κ1) is 31.0. The number of fused-ring (bicyclic) bond motifs is 2. The summed E-state index contributed by atoms with van der Waals surface area (Å²) in [6, 6.07) is 25.9. The van der Waals surface area contributed by atoms with Gasteiger partial charge in [0, 0.05) is 58.3 Å². The van der Waals surface area contributed by atoms with E-state index < -0.39 is 0 Å². The van der Waals surface area contributed by atoms with Gasteiger partial charge < -0.3 is 29.0 Å². The third-order valence-corrected chi connectivity index (χ3v) is 8.15.